The van der Waals surface area contributed by atoms with Gasteiger partial charge in [0.2, 0.25) is 0 Å². The van der Waals surface area contributed by atoms with Crippen LogP contribution in [0.25, 0.3) is 0 Å². The number of carbonyl (C=O) groups is 2. The van der Waals surface area contributed by atoms with Gasteiger partial charge in [0.15, 0.2) is 0 Å². The Morgan fingerprint density at radius 3 is 1.71 bits per heavy atom. The van der Waals surface area contributed by atoms with E-state index in [0.29, 0.717) is 0 Å². The van der Waals surface area contributed by atoms with Crippen LogP contribution in [0.3, 0.4) is 0 Å². The highest BCUT2D eigenvalue weighted by molar-refractivity contribution is 5.73. The Kier molecular flexibility index (Phi) is 14.0. The van der Waals surface area contributed by atoms with Crippen molar-refractivity contribution in [2.45, 2.75) is 24.9 Å². The number of methoxy groups -OCH3 is 1. The fraction of sp³-hybridized carbons (Fsp3) is 0.462. The normalized spacial score (nSPS) is 15.2. The second kappa shape index (κ2) is 16.1. The number of carboxylic acids is 2. The van der Waals surface area contributed by atoms with E-state index in [2.05, 4.69) is 40.9 Å². The van der Waals surface area contributed by atoms with Crippen LogP contribution < -0.4 is 4.74 Å². The molecule has 0 aliphatic carbocycles. The van der Waals surface area contributed by atoms with Gasteiger partial charge in [-0.25, -0.2) is 14.0 Å². The van der Waals surface area contributed by atoms with Crippen molar-refractivity contribution < 1.29 is 55.3 Å². The molecule has 2 N–H and O–H groups in total. The van der Waals surface area contributed by atoms with E-state index in [9.17, 15) is 30.7 Å². The van der Waals surface area contributed by atoms with E-state index in [0.717, 1.165) is 50.6 Å². The molecular weight excluding hydrogens is 567 g/mol. The summed E-state index contributed by atoms with van der Waals surface area (Å²) in [5, 5.41) is 14.2. The minimum Gasteiger partial charge on any atom is -0.496 e. The largest absolute Gasteiger partial charge is 0.496 e. The van der Waals surface area contributed by atoms with Gasteiger partial charge >= 0.3 is 24.3 Å². The Morgan fingerprint density at radius 1 is 0.854 bits per heavy atom. The summed E-state index contributed by atoms with van der Waals surface area (Å²) in [6.07, 6.45) is -10.2. The van der Waals surface area contributed by atoms with Gasteiger partial charge in [-0.3, -0.25) is 9.80 Å². The molecule has 15 heteroatoms. The number of benzene rings is 2. The standard InChI is InChI=1S/C22H30FN3O.2C2HF3O2/c1-24(2)21(18-8-10-20(23)11-9-18)17-26-14-12-25(13-15-26)16-19-6-4-5-7-22(19)27-3;2*3-2(4,5)1(6)7/h4-11,21H,12-17H2,1-3H3;2*(H,6,7). The zero-order chi connectivity index (χ0) is 31.4. The number of aliphatic carboxylic acids is 2. The fourth-order valence-corrected chi connectivity index (χ4v) is 3.70. The number of nitrogens with zero attached hydrogens (tertiary/aromatic N) is 3. The maximum absolute atomic E-state index is 13.2. The molecule has 0 radical (unpaired) electrons. The van der Waals surface area contributed by atoms with Crippen molar-refractivity contribution in [1.29, 1.82) is 0 Å². The molecule has 0 spiro atoms. The van der Waals surface area contributed by atoms with Crippen LogP contribution in [0.5, 0.6) is 5.75 Å². The lowest BCUT2D eigenvalue weighted by Gasteiger charge is -2.38. The summed E-state index contributed by atoms with van der Waals surface area (Å²) in [4.78, 5) is 25.0. The Labute approximate surface area is 232 Å². The molecule has 1 unspecified atom stereocenters. The second-order valence-corrected chi connectivity index (χ2v) is 9.03. The molecule has 1 fully saturated rings. The quantitative estimate of drug-likeness (QED) is 0.449. The summed E-state index contributed by atoms with van der Waals surface area (Å²) in [7, 11) is 5.91. The van der Waals surface area contributed by atoms with Gasteiger partial charge in [-0.1, -0.05) is 30.3 Å². The van der Waals surface area contributed by atoms with Crippen LogP contribution >= 0.6 is 0 Å². The molecule has 2 aromatic carbocycles. The number of para-hydroxylation sites is 1. The minimum absolute atomic E-state index is 0.179. The molecule has 41 heavy (non-hydrogen) atoms. The second-order valence-electron chi connectivity index (χ2n) is 9.03. The molecule has 1 aliphatic heterocycles. The third-order valence-corrected chi connectivity index (χ3v) is 5.85. The molecule has 3 rings (SSSR count). The molecule has 0 aromatic heterocycles. The highest BCUT2D eigenvalue weighted by Crippen LogP contribution is 2.23. The summed E-state index contributed by atoms with van der Waals surface area (Å²) in [6.45, 7) is 6.05. The Bertz CT molecular complexity index is 1060. The third-order valence-electron chi connectivity index (χ3n) is 5.85. The summed E-state index contributed by atoms with van der Waals surface area (Å²) < 4.78 is 82.2. The van der Waals surface area contributed by atoms with Crippen molar-refractivity contribution in [2.75, 3.05) is 53.9 Å². The first kappa shape index (κ1) is 35.6. The smallest absolute Gasteiger partial charge is 0.490 e. The van der Waals surface area contributed by atoms with Gasteiger partial charge in [0.25, 0.3) is 0 Å². The zero-order valence-electron chi connectivity index (χ0n) is 22.5. The van der Waals surface area contributed by atoms with Crippen molar-refractivity contribution in [3.05, 3.63) is 65.5 Å². The molecule has 0 amide bonds. The first-order chi connectivity index (χ1) is 18.9. The van der Waals surface area contributed by atoms with Gasteiger partial charge in [0.05, 0.1) is 7.11 Å². The van der Waals surface area contributed by atoms with E-state index in [1.165, 1.54) is 5.56 Å². The SMILES string of the molecule is COc1ccccc1CN1CCN(CC(c2ccc(F)cc2)N(C)C)CC1.O=C(O)C(F)(F)F.O=C(O)C(F)(F)F. The molecule has 0 saturated carbocycles. The van der Waals surface area contributed by atoms with Gasteiger partial charge in [-0.15, -0.1) is 0 Å². The van der Waals surface area contributed by atoms with E-state index < -0.39 is 24.3 Å². The van der Waals surface area contributed by atoms with Crippen LogP contribution in [0.15, 0.2) is 48.5 Å². The number of halogens is 7. The lowest BCUT2D eigenvalue weighted by molar-refractivity contribution is -0.193. The van der Waals surface area contributed by atoms with Gasteiger partial charge in [-0.05, 0) is 37.9 Å². The average molecular weight is 600 g/mol. The number of hydrogen-bond acceptors (Lipinski definition) is 6. The van der Waals surface area contributed by atoms with Crippen molar-refractivity contribution in [2.24, 2.45) is 0 Å². The number of alkyl halides is 6. The van der Waals surface area contributed by atoms with Crippen molar-refractivity contribution in [1.82, 2.24) is 14.7 Å². The van der Waals surface area contributed by atoms with Crippen LogP contribution in [0.4, 0.5) is 30.7 Å². The Hall–Kier alpha value is -3.43. The van der Waals surface area contributed by atoms with E-state index in [4.69, 9.17) is 24.5 Å². The Balaban J connectivity index is 0.000000497. The predicted octanol–water partition coefficient (Wildman–Crippen LogP) is 4.52. The Morgan fingerprint density at radius 2 is 1.29 bits per heavy atom. The molecule has 1 aliphatic rings. The third kappa shape index (κ3) is 13.2. The summed E-state index contributed by atoms with van der Waals surface area (Å²) in [6, 6.07) is 15.4. The zero-order valence-corrected chi connectivity index (χ0v) is 22.5. The lowest BCUT2D eigenvalue weighted by Crippen LogP contribution is -2.48. The highest BCUT2D eigenvalue weighted by atomic mass is 19.4. The summed E-state index contributed by atoms with van der Waals surface area (Å²) in [5.41, 5.74) is 2.41. The van der Waals surface area contributed by atoms with Crippen LogP contribution in [0, 0.1) is 5.82 Å². The molecule has 0 bridgehead atoms. The van der Waals surface area contributed by atoms with E-state index >= 15 is 0 Å². The lowest BCUT2D eigenvalue weighted by atomic mass is 10.0. The van der Waals surface area contributed by atoms with Gasteiger partial charge in [0.1, 0.15) is 11.6 Å². The number of hydrogen-bond donors (Lipinski definition) is 2. The minimum atomic E-state index is -5.08. The van der Waals surface area contributed by atoms with E-state index in [1.807, 2.05) is 24.3 Å². The number of likely N-dealkylation sites (N-methyl/N-ethyl adjacent to an activating group) is 1. The summed E-state index contributed by atoms with van der Waals surface area (Å²) in [5.74, 6) is -4.73. The van der Waals surface area contributed by atoms with Gasteiger partial charge in [-0.2, -0.15) is 26.3 Å². The topological polar surface area (TPSA) is 93.5 Å². The monoisotopic (exact) mass is 599 g/mol. The van der Waals surface area contributed by atoms with Gasteiger partial charge < -0.3 is 19.8 Å². The number of carboxylic acid groups (broad SMARTS) is 2. The van der Waals surface area contributed by atoms with Crippen molar-refractivity contribution >= 4 is 11.9 Å². The van der Waals surface area contributed by atoms with E-state index in [-0.39, 0.29) is 11.9 Å². The molecule has 230 valence electrons. The molecule has 1 saturated heterocycles. The first-order valence-electron chi connectivity index (χ1n) is 12.0. The number of piperazine rings is 1. The maximum Gasteiger partial charge on any atom is 0.490 e. The van der Waals surface area contributed by atoms with Gasteiger partial charge in [0, 0.05) is 50.9 Å². The maximum atomic E-state index is 13.2. The molecule has 8 nitrogen and oxygen atoms in total. The molecular formula is C26H32F7N3O5. The predicted molar refractivity (Wildman–Crippen MR) is 135 cm³/mol. The summed E-state index contributed by atoms with van der Waals surface area (Å²) >= 11 is 0. The highest BCUT2D eigenvalue weighted by Gasteiger charge is 2.38. The molecule has 1 atom stereocenters. The van der Waals surface area contributed by atoms with Crippen LogP contribution in [0.2, 0.25) is 0 Å². The van der Waals surface area contributed by atoms with Crippen LogP contribution in [-0.2, 0) is 16.1 Å². The molecule has 1 heterocycles. The van der Waals surface area contributed by atoms with Crippen molar-refractivity contribution in [3.63, 3.8) is 0 Å². The van der Waals surface area contributed by atoms with Crippen molar-refractivity contribution in [3.8, 4) is 5.75 Å². The average Bonchev–Trinajstić information content (AvgIpc) is 2.88. The number of ether oxygens (including phenoxy) is 1. The van der Waals surface area contributed by atoms with Crippen LogP contribution in [0.1, 0.15) is 17.2 Å². The van der Waals surface area contributed by atoms with E-state index in [1.54, 1.807) is 19.2 Å². The first-order valence-corrected chi connectivity index (χ1v) is 12.0. The fourth-order valence-electron chi connectivity index (χ4n) is 3.70. The van der Waals surface area contributed by atoms with Crippen LogP contribution in [-0.4, -0.2) is 103 Å². The molecule has 2 aromatic rings. The number of rotatable bonds is 7.